The molecule has 116 valence electrons. The van der Waals surface area contributed by atoms with E-state index in [9.17, 15) is 0 Å². The number of likely N-dealkylation sites (tertiary alicyclic amines) is 1. The topological polar surface area (TPSA) is 19.4 Å². The van der Waals surface area contributed by atoms with Crippen LogP contribution in [0.3, 0.4) is 0 Å². The van der Waals surface area contributed by atoms with Crippen LogP contribution in [0, 0.1) is 6.92 Å². The van der Waals surface area contributed by atoms with Crippen molar-refractivity contribution in [3.63, 3.8) is 0 Å². The highest BCUT2D eigenvalue weighted by molar-refractivity contribution is 5.43. The predicted octanol–water partition coefficient (Wildman–Crippen LogP) is 3.93. The van der Waals surface area contributed by atoms with E-state index in [2.05, 4.69) is 35.8 Å². The molecule has 3 heteroatoms. The van der Waals surface area contributed by atoms with Gasteiger partial charge in [0.15, 0.2) is 0 Å². The average Bonchev–Trinajstić information content (AvgIpc) is 3.03. The summed E-state index contributed by atoms with van der Waals surface area (Å²) in [5.74, 6) is 1.19. The lowest BCUT2D eigenvalue weighted by Gasteiger charge is -2.36. The van der Waals surface area contributed by atoms with Crippen LogP contribution in [0.2, 0.25) is 0 Å². The van der Waals surface area contributed by atoms with Gasteiger partial charge in [-0.3, -0.25) is 4.90 Å². The Hall–Kier alpha value is -1.09. The Bertz CT molecular complexity index is 464. The van der Waals surface area contributed by atoms with Crippen molar-refractivity contribution in [1.29, 1.82) is 0 Å². The van der Waals surface area contributed by atoms with Gasteiger partial charge in [0.2, 0.25) is 0 Å². The second-order valence-electron chi connectivity index (χ2n) is 6.59. The standard InChI is InChI=1S/C18H29N3/c1-3-11-20-12-5-4-8-17(20)16-9-10-18(19-15(16)2)21-13-6-7-14-21/h9-10,17H,3-8,11-14H2,1-2H3/t17-/m0/s1. The van der Waals surface area contributed by atoms with Crippen LogP contribution in [0.4, 0.5) is 5.82 Å². The molecule has 2 aliphatic heterocycles. The minimum Gasteiger partial charge on any atom is -0.357 e. The number of aryl methyl sites for hydroxylation is 1. The zero-order chi connectivity index (χ0) is 14.7. The third-order valence-corrected chi connectivity index (χ3v) is 5.03. The molecule has 0 aromatic carbocycles. The lowest BCUT2D eigenvalue weighted by molar-refractivity contribution is 0.148. The Morgan fingerprint density at radius 2 is 1.86 bits per heavy atom. The van der Waals surface area contributed by atoms with Crippen molar-refractivity contribution in [3.05, 3.63) is 23.4 Å². The van der Waals surface area contributed by atoms with E-state index in [-0.39, 0.29) is 0 Å². The van der Waals surface area contributed by atoms with E-state index in [4.69, 9.17) is 4.98 Å². The highest BCUT2D eigenvalue weighted by atomic mass is 15.2. The van der Waals surface area contributed by atoms with Crippen molar-refractivity contribution in [3.8, 4) is 0 Å². The molecule has 2 aliphatic rings. The summed E-state index contributed by atoms with van der Waals surface area (Å²) in [6, 6.07) is 5.21. The monoisotopic (exact) mass is 287 g/mol. The molecule has 3 heterocycles. The summed E-state index contributed by atoms with van der Waals surface area (Å²) in [6.07, 6.45) is 7.89. The van der Waals surface area contributed by atoms with Gasteiger partial charge >= 0.3 is 0 Å². The predicted molar refractivity (Wildman–Crippen MR) is 88.9 cm³/mol. The summed E-state index contributed by atoms with van der Waals surface area (Å²) in [4.78, 5) is 10.0. The van der Waals surface area contributed by atoms with Gasteiger partial charge in [-0.15, -0.1) is 0 Å². The van der Waals surface area contributed by atoms with Crippen molar-refractivity contribution in [1.82, 2.24) is 9.88 Å². The first kappa shape index (κ1) is 14.8. The van der Waals surface area contributed by atoms with E-state index in [1.165, 1.54) is 81.8 Å². The van der Waals surface area contributed by atoms with Crippen LogP contribution in [0.5, 0.6) is 0 Å². The lowest BCUT2D eigenvalue weighted by Crippen LogP contribution is -2.34. The fourth-order valence-corrected chi connectivity index (χ4v) is 3.93. The Balaban J connectivity index is 1.80. The van der Waals surface area contributed by atoms with E-state index in [1.807, 2.05) is 0 Å². The number of rotatable bonds is 4. The molecular formula is C18H29N3. The molecule has 0 unspecified atom stereocenters. The van der Waals surface area contributed by atoms with Crippen molar-refractivity contribution in [2.75, 3.05) is 31.1 Å². The van der Waals surface area contributed by atoms with Crippen LogP contribution in [0.1, 0.15) is 62.7 Å². The Kier molecular flexibility index (Phi) is 4.79. The Morgan fingerprint density at radius 3 is 2.57 bits per heavy atom. The second-order valence-corrected chi connectivity index (χ2v) is 6.59. The lowest BCUT2D eigenvalue weighted by atomic mass is 9.94. The first-order valence-electron chi connectivity index (χ1n) is 8.76. The number of piperidine rings is 1. The molecule has 0 N–H and O–H groups in total. The molecule has 1 aromatic heterocycles. The number of anilines is 1. The van der Waals surface area contributed by atoms with Crippen LogP contribution in [0.15, 0.2) is 12.1 Å². The molecule has 0 radical (unpaired) electrons. The Labute approximate surface area is 129 Å². The smallest absolute Gasteiger partial charge is 0.128 e. The third kappa shape index (κ3) is 3.23. The van der Waals surface area contributed by atoms with Crippen LogP contribution in [-0.2, 0) is 0 Å². The molecule has 1 atom stereocenters. The number of aromatic nitrogens is 1. The van der Waals surface area contributed by atoms with E-state index in [0.29, 0.717) is 6.04 Å². The molecule has 1 aromatic rings. The molecular weight excluding hydrogens is 258 g/mol. The van der Waals surface area contributed by atoms with Crippen molar-refractivity contribution >= 4 is 5.82 Å². The van der Waals surface area contributed by atoms with Gasteiger partial charge in [-0.05, 0) is 63.7 Å². The molecule has 3 rings (SSSR count). The van der Waals surface area contributed by atoms with E-state index < -0.39 is 0 Å². The summed E-state index contributed by atoms with van der Waals surface area (Å²) in [6.45, 7) is 9.32. The van der Waals surface area contributed by atoms with E-state index >= 15 is 0 Å². The van der Waals surface area contributed by atoms with Gasteiger partial charge in [0.05, 0.1) is 0 Å². The quantitative estimate of drug-likeness (QED) is 0.836. The number of hydrogen-bond donors (Lipinski definition) is 0. The molecule has 0 aliphatic carbocycles. The summed E-state index contributed by atoms with van der Waals surface area (Å²) in [7, 11) is 0. The van der Waals surface area contributed by atoms with Crippen LogP contribution < -0.4 is 4.90 Å². The summed E-state index contributed by atoms with van der Waals surface area (Å²) >= 11 is 0. The number of pyridine rings is 1. The highest BCUT2D eigenvalue weighted by Crippen LogP contribution is 2.33. The normalized spacial score (nSPS) is 23.7. The maximum Gasteiger partial charge on any atom is 0.128 e. The minimum absolute atomic E-state index is 0.596. The SMILES string of the molecule is CCCN1CCCC[C@H]1c1ccc(N2CCCC2)nc1C. The zero-order valence-corrected chi connectivity index (χ0v) is 13.6. The van der Waals surface area contributed by atoms with Gasteiger partial charge in [0.1, 0.15) is 5.82 Å². The summed E-state index contributed by atoms with van der Waals surface area (Å²) in [5, 5.41) is 0. The second kappa shape index (κ2) is 6.78. The maximum atomic E-state index is 4.92. The van der Waals surface area contributed by atoms with Gasteiger partial charge in [-0.1, -0.05) is 19.4 Å². The van der Waals surface area contributed by atoms with Crippen LogP contribution >= 0.6 is 0 Å². The molecule has 2 saturated heterocycles. The fraction of sp³-hybridized carbons (Fsp3) is 0.722. The van der Waals surface area contributed by atoms with Crippen LogP contribution in [-0.4, -0.2) is 36.1 Å². The maximum absolute atomic E-state index is 4.92. The average molecular weight is 287 g/mol. The summed E-state index contributed by atoms with van der Waals surface area (Å²) in [5.41, 5.74) is 2.71. The zero-order valence-electron chi connectivity index (χ0n) is 13.6. The van der Waals surface area contributed by atoms with Crippen LogP contribution in [0.25, 0.3) is 0 Å². The first-order valence-corrected chi connectivity index (χ1v) is 8.76. The van der Waals surface area contributed by atoms with Gasteiger partial charge in [-0.25, -0.2) is 4.98 Å². The van der Waals surface area contributed by atoms with E-state index in [1.54, 1.807) is 0 Å². The van der Waals surface area contributed by atoms with Crippen molar-refractivity contribution in [2.24, 2.45) is 0 Å². The van der Waals surface area contributed by atoms with E-state index in [0.717, 1.165) is 0 Å². The minimum atomic E-state index is 0.596. The number of nitrogens with zero attached hydrogens (tertiary/aromatic N) is 3. The van der Waals surface area contributed by atoms with Gasteiger partial charge in [-0.2, -0.15) is 0 Å². The summed E-state index contributed by atoms with van der Waals surface area (Å²) < 4.78 is 0. The first-order chi connectivity index (χ1) is 10.3. The third-order valence-electron chi connectivity index (χ3n) is 5.03. The molecule has 0 bridgehead atoms. The van der Waals surface area contributed by atoms with Gasteiger partial charge in [0, 0.05) is 24.8 Å². The Morgan fingerprint density at radius 1 is 1.10 bits per heavy atom. The van der Waals surface area contributed by atoms with Crippen molar-refractivity contribution in [2.45, 2.75) is 58.4 Å². The molecule has 21 heavy (non-hydrogen) atoms. The number of hydrogen-bond acceptors (Lipinski definition) is 3. The molecule has 0 spiro atoms. The highest BCUT2D eigenvalue weighted by Gasteiger charge is 2.25. The van der Waals surface area contributed by atoms with Gasteiger partial charge in [0.25, 0.3) is 0 Å². The molecule has 3 nitrogen and oxygen atoms in total. The largest absolute Gasteiger partial charge is 0.357 e. The van der Waals surface area contributed by atoms with Crippen molar-refractivity contribution < 1.29 is 0 Å². The van der Waals surface area contributed by atoms with Gasteiger partial charge < -0.3 is 4.90 Å². The molecule has 0 saturated carbocycles. The molecule has 0 amide bonds. The fourth-order valence-electron chi connectivity index (χ4n) is 3.93. The molecule has 2 fully saturated rings.